The van der Waals surface area contributed by atoms with Crippen molar-refractivity contribution in [2.24, 2.45) is 0 Å². The van der Waals surface area contributed by atoms with Crippen LogP contribution in [0, 0.1) is 0 Å². The minimum absolute atomic E-state index is 0.00191. The molecule has 0 saturated carbocycles. The number of urea groups is 1. The summed E-state index contributed by atoms with van der Waals surface area (Å²) in [5.41, 5.74) is 1.53. The van der Waals surface area contributed by atoms with E-state index in [9.17, 15) is 13.6 Å². The molecule has 8 heteroatoms. The largest absolute Gasteiger partial charge is 0.332 e. The molecule has 0 radical (unpaired) electrons. The van der Waals surface area contributed by atoms with E-state index in [4.69, 9.17) is 0 Å². The molecule has 1 aliphatic heterocycles. The first-order valence-electron chi connectivity index (χ1n) is 7.16. The zero-order valence-electron chi connectivity index (χ0n) is 12.8. The summed E-state index contributed by atoms with van der Waals surface area (Å²) in [5.74, 6) is -3.75. The predicted molar refractivity (Wildman–Crippen MR) is 77.7 cm³/mol. The fourth-order valence-electron chi connectivity index (χ4n) is 2.35. The van der Waals surface area contributed by atoms with E-state index >= 15 is 0 Å². The van der Waals surface area contributed by atoms with Crippen LogP contribution in [0.15, 0.2) is 28.8 Å². The van der Waals surface area contributed by atoms with Crippen molar-refractivity contribution in [2.45, 2.75) is 19.4 Å². The van der Waals surface area contributed by atoms with Crippen LogP contribution in [0.25, 0.3) is 11.4 Å². The molecule has 2 amide bonds. The first-order valence-corrected chi connectivity index (χ1v) is 7.16. The Kier molecular flexibility index (Phi) is 3.75. The number of amides is 2. The molecule has 0 bridgehead atoms. The first-order chi connectivity index (χ1) is 10.8. The number of nitrogens with zero attached hydrogens (tertiary/aromatic N) is 4. The van der Waals surface area contributed by atoms with Crippen LogP contribution in [-0.2, 0) is 12.5 Å². The highest BCUT2D eigenvalue weighted by molar-refractivity contribution is 5.76. The van der Waals surface area contributed by atoms with Crippen LogP contribution in [0.5, 0.6) is 0 Å². The molecule has 1 aliphatic rings. The number of halogens is 2. The predicted octanol–water partition coefficient (Wildman–Crippen LogP) is 2.72. The van der Waals surface area contributed by atoms with Gasteiger partial charge in [0.25, 0.3) is 5.89 Å². The Morgan fingerprint density at radius 1 is 1.26 bits per heavy atom. The maximum absolute atomic E-state index is 13.1. The Morgan fingerprint density at radius 3 is 2.48 bits per heavy atom. The van der Waals surface area contributed by atoms with Gasteiger partial charge in [0.05, 0.1) is 0 Å². The number of aromatic nitrogens is 2. The molecule has 0 N–H and O–H groups in total. The normalized spacial score (nSPS) is 15.6. The molecule has 1 aromatic carbocycles. The Hall–Kier alpha value is -2.51. The van der Waals surface area contributed by atoms with Crippen molar-refractivity contribution in [3.8, 4) is 11.4 Å². The van der Waals surface area contributed by atoms with Gasteiger partial charge in [-0.3, -0.25) is 0 Å². The van der Waals surface area contributed by atoms with Crippen molar-refractivity contribution in [3.63, 3.8) is 0 Å². The number of carbonyl (C=O) groups excluding carboxylic acids is 1. The number of rotatable bonds is 4. The van der Waals surface area contributed by atoms with E-state index in [1.54, 1.807) is 29.0 Å². The van der Waals surface area contributed by atoms with E-state index in [0.29, 0.717) is 32.1 Å². The summed E-state index contributed by atoms with van der Waals surface area (Å²) < 4.78 is 30.8. The Morgan fingerprint density at radius 2 is 1.96 bits per heavy atom. The van der Waals surface area contributed by atoms with Crippen molar-refractivity contribution in [2.75, 3.05) is 20.1 Å². The Labute approximate surface area is 131 Å². The van der Waals surface area contributed by atoms with E-state index in [0.717, 1.165) is 5.56 Å². The van der Waals surface area contributed by atoms with Gasteiger partial charge >= 0.3 is 12.0 Å². The van der Waals surface area contributed by atoms with Crippen molar-refractivity contribution >= 4 is 6.03 Å². The average Bonchev–Trinajstić information content (AvgIpc) is 3.11. The number of hydrogen-bond donors (Lipinski definition) is 0. The third-order valence-electron chi connectivity index (χ3n) is 3.69. The highest BCUT2D eigenvalue weighted by Gasteiger charge is 2.32. The minimum Gasteiger partial charge on any atom is -0.332 e. The second-order valence-corrected chi connectivity index (χ2v) is 5.63. The molecule has 1 aromatic heterocycles. The molecular formula is C15H16F2N4O2. The monoisotopic (exact) mass is 322 g/mol. The van der Waals surface area contributed by atoms with Crippen molar-refractivity contribution in [1.82, 2.24) is 19.9 Å². The molecule has 2 aromatic rings. The summed E-state index contributed by atoms with van der Waals surface area (Å²) in [7, 11) is 1.77. The lowest BCUT2D eigenvalue weighted by atomic mass is 10.1. The van der Waals surface area contributed by atoms with Gasteiger partial charge in [0.15, 0.2) is 0 Å². The van der Waals surface area contributed by atoms with Crippen LogP contribution >= 0.6 is 0 Å². The lowest BCUT2D eigenvalue weighted by Crippen LogP contribution is -2.28. The summed E-state index contributed by atoms with van der Waals surface area (Å²) in [6.07, 6.45) is 0. The molecule has 0 spiro atoms. The lowest BCUT2D eigenvalue weighted by Gasteiger charge is -2.15. The maximum Gasteiger partial charge on any atom is 0.322 e. The number of benzene rings is 1. The molecule has 23 heavy (non-hydrogen) atoms. The third kappa shape index (κ3) is 3.15. The van der Waals surface area contributed by atoms with Gasteiger partial charge in [-0.15, -0.1) is 0 Å². The van der Waals surface area contributed by atoms with Crippen LogP contribution in [0.3, 0.4) is 0 Å². The first kappa shape index (κ1) is 15.4. The molecule has 0 unspecified atom stereocenters. The molecule has 0 atom stereocenters. The standard InChI is InChI=1S/C15H16F2N4O2/c1-15(16,17)13-18-12(19-23-13)11-5-3-10(4-6-11)9-21-8-7-20(2)14(21)22/h3-6H,7-9H2,1-2H3. The number of alkyl halides is 2. The topological polar surface area (TPSA) is 62.5 Å². The summed E-state index contributed by atoms with van der Waals surface area (Å²) in [6.45, 7) is 2.62. The smallest absolute Gasteiger partial charge is 0.322 e. The number of carbonyl (C=O) groups is 1. The van der Waals surface area contributed by atoms with Gasteiger partial charge in [-0.1, -0.05) is 29.4 Å². The van der Waals surface area contributed by atoms with Crippen molar-refractivity contribution < 1.29 is 18.1 Å². The molecule has 122 valence electrons. The lowest BCUT2D eigenvalue weighted by molar-refractivity contribution is -0.0158. The minimum atomic E-state index is -3.16. The van der Waals surface area contributed by atoms with Crippen LogP contribution in [-0.4, -0.2) is 46.1 Å². The molecule has 1 saturated heterocycles. The van der Waals surface area contributed by atoms with Gasteiger partial charge in [0.1, 0.15) is 0 Å². The van der Waals surface area contributed by atoms with Crippen molar-refractivity contribution in [1.29, 1.82) is 0 Å². The fourth-order valence-corrected chi connectivity index (χ4v) is 2.35. The maximum atomic E-state index is 13.1. The van der Waals surface area contributed by atoms with Gasteiger partial charge in [-0.05, 0) is 5.56 Å². The van der Waals surface area contributed by atoms with Gasteiger partial charge in [-0.2, -0.15) is 13.8 Å². The summed E-state index contributed by atoms with van der Waals surface area (Å²) in [5, 5.41) is 3.57. The van der Waals surface area contributed by atoms with E-state index in [-0.39, 0.29) is 11.9 Å². The van der Waals surface area contributed by atoms with Gasteiger partial charge in [0.2, 0.25) is 5.82 Å². The molecule has 0 aliphatic carbocycles. The zero-order chi connectivity index (χ0) is 16.6. The van der Waals surface area contributed by atoms with Crippen LogP contribution < -0.4 is 0 Å². The van der Waals surface area contributed by atoms with Gasteiger partial charge < -0.3 is 14.3 Å². The zero-order valence-corrected chi connectivity index (χ0v) is 12.8. The fraction of sp³-hybridized carbons (Fsp3) is 0.400. The van der Waals surface area contributed by atoms with Crippen LogP contribution in [0.1, 0.15) is 18.4 Å². The second-order valence-electron chi connectivity index (χ2n) is 5.63. The molecular weight excluding hydrogens is 306 g/mol. The molecule has 2 heterocycles. The van der Waals surface area contributed by atoms with E-state index in [1.807, 2.05) is 12.1 Å². The SMILES string of the molecule is CN1CCN(Cc2ccc(-c3noc(C(C)(F)F)n3)cc2)C1=O. The van der Waals surface area contributed by atoms with E-state index in [1.165, 1.54) is 0 Å². The highest BCUT2D eigenvalue weighted by atomic mass is 19.3. The molecule has 6 nitrogen and oxygen atoms in total. The summed E-state index contributed by atoms with van der Waals surface area (Å²) in [6, 6.07) is 7.09. The third-order valence-corrected chi connectivity index (χ3v) is 3.69. The second kappa shape index (κ2) is 5.60. The Balaban J connectivity index is 1.72. The van der Waals surface area contributed by atoms with Crippen LogP contribution in [0.4, 0.5) is 13.6 Å². The van der Waals surface area contributed by atoms with Gasteiger partial charge in [0, 0.05) is 39.2 Å². The molecule has 3 rings (SSSR count). The Bertz CT molecular complexity index is 709. The molecule has 1 fully saturated rings. The van der Waals surface area contributed by atoms with Crippen molar-refractivity contribution in [3.05, 3.63) is 35.7 Å². The highest BCUT2D eigenvalue weighted by Crippen LogP contribution is 2.27. The average molecular weight is 322 g/mol. The van der Waals surface area contributed by atoms with Gasteiger partial charge in [-0.25, -0.2) is 4.79 Å². The van der Waals surface area contributed by atoms with Crippen LogP contribution in [0.2, 0.25) is 0 Å². The quantitative estimate of drug-likeness (QED) is 0.868. The van der Waals surface area contributed by atoms with E-state index < -0.39 is 11.8 Å². The summed E-state index contributed by atoms with van der Waals surface area (Å²) in [4.78, 5) is 19.0. The number of hydrogen-bond acceptors (Lipinski definition) is 4. The number of likely N-dealkylation sites (N-methyl/N-ethyl adjacent to an activating group) is 1. The van der Waals surface area contributed by atoms with E-state index in [2.05, 4.69) is 14.7 Å². The summed E-state index contributed by atoms with van der Waals surface area (Å²) >= 11 is 0.